The Balaban J connectivity index is 1.93. The summed E-state index contributed by atoms with van der Waals surface area (Å²) in [6.45, 7) is 3.11. The number of ether oxygens (including phenoxy) is 1. The quantitative estimate of drug-likeness (QED) is 0.724. The zero-order valence-electron chi connectivity index (χ0n) is 15.1. The normalized spacial score (nSPS) is 16.3. The lowest BCUT2D eigenvalue weighted by atomic mass is 9.97. The topological polar surface area (TPSA) is 92.8 Å². The molecule has 0 saturated carbocycles. The molecule has 27 heavy (non-hydrogen) atoms. The van der Waals surface area contributed by atoms with E-state index < -0.39 is 38.4 Å². The summed E-state index contributed by atoms with van der Waals surface area (Å²) in [4.78, 5) is 22.8. The van der Waals surface area contributed by atoms with Crippen molar-refractivity contribution in [1.82, 2.24) is 9.62 Å². The molecule has 1 aromatic carbocycles. The zero-order chi connectivity index (χ0) is 20.2. The van der Waals surface area contributed by atoms with Crippen molar-refractivity contribution in [3.63, 3.8) is 0 Å². The van der Waals surface area contributed by atoms with Crippen molar-refractivity contribution in [2.24, 2.45) is 5.92 Å². The van der Waals surface area contributed by atoms with Crippen LogP contribution in [0.25, 0.3) is 0 Å². The molecule has 0 bridgehead atoms. The summed E-state index contributed by atoms with van der Waals surface area (Å²) in [5.41, 5.74) is 0. The summed E-state index contributed by atoms with van der Waals surface area (Å²) in [5.74, 6) is -3.28. The van der Waals surface area contributed by atoms with Gasteiger partial charge in [-0.05, 0) is 44.9 Å². The molecule has 1 fully saturated rings. The Morgan fingerprint density at radius 1 is 1.26 bits per heavy atom. The molecule has 0 unspecified atom stereocenters. The highest BCUT2D eigenvalue weighted by molar-refractivity contribution is 7.89. The highest BCUT2D eigenvalue weighted by Crippen LogP contribution is 2.26. The molecule has 0 atom stereocenters. The molecule has 1 heterocycles. The SMILES string of the molecule is CC(C)OC(=O)CNC(=O)C1CCN(S(=O)(=O)c2cc(F)ccc2F)CC1. The van der Waals surface area contributed by atoms with Gasteiger partial charge in [0.25, 0.3) is 0 Å². The second-order valence-corrected chi connectivity index (χ2v) is 8.42. The summed E-state index contributed by atoms with van der Waals surface area (Å²) >= 11 is 0. The number of halogens is 2. The fourth-order valence-electron chi connectivity index (χ4n) is 2.78. The lowest BCUT2D eigenvalue weighted by molar-refractivity contribution is -0.147. The molecule has 0 radical (unpaired) electrons. The first-order chi connectivity index (χ1) is 12.6. The molecule has 1 N–H and O–H groups in total. The first-order valence-corrected chi connectivity index (χ1v) is 9.97. The number of hydrogen-bond donors (Lipinski definition) is 1. The number of benzene rings is 1. The van der Waals surface area contributed by atoms with E-state index >= 15 is 0 Å². The number of hydrogen-bond acceptors (Lipinski definition) is 5. The zero-order valence-corrected chi connectivity index (χ0v) is 15.9. The van der Waals surface area contributed by atoms with Crippen LogP contribution in [0.4, 0.5) is 8.78 Å². The van der Waals surface area contributed by atoms with E-state index in [-0.39, 0.29) is 44.5 Å². The molecule has 150 valence electrons. The number of esters is 1. The summed E-state index contributed by atoms with van der Waals surface area (Å²) in [7, 11) is -4.19. The molecule has 0 aromatic heterocycles. The van der Waals surface area contributed by atoms with Crippen LogP contribution in [0.1, 0.15) is 26.7 Å². The Morgan fingerprint density at radius 3 is 2.48 bits per heavy atom. The summed E-state index contributed by atoms with van der Waals surface area (Å²) in [5, 5.41) is 2.47. The van der Waals surface area contributed by atoms with Gasteiger partial charge in [-0.15, -0.1) is 0 Å². The van der Waals surface area contributed by atoms with E-state index in [0.29, 0.717) is 6.07 Å². The second-order valence-electron chi connectivity index (χ2n) is 6.51. The van der Waals surface area contributed by atoms with Crippen LogP contribution in [0.3, 0.4) is 0 Å². The van der Waals surface area contributed by atoms with Gasteiger partial charge in [-0.1, -0.05) is 0 Å². The molecular weight excluding hydrogens is 382 g/mol. The maximum atomic E-state index is 13.8. The Kier molecular flexibility index (Phi) is 6.88. The van der Waals surface area contributed by atoms with Crippen molar-refractivity contribution in [3.8, 4) is 0 Å². The Hall–Kier alpha value is -2.07. The highest BCUT2D eigenvalue weighted by atomic mass is 32.2. The average molecular weight is 404 g/mol. The number of carbonyl (C=O) groups is 2. The largest absolute Gasteiger partial charge is 0.462 e. The number of nitrogens with zero attached hydrogens (tertiary/aromatic N) is 1. The third kappa shape index (κ3) is 5.46. The molecule has 1 saturated heterocycles. The van der Waals surface area contributed by atoms with E-state index in [1.165, 1.54) is 0 Å². The third-order valence-electron chi connectivity index (χ3n) is 4.11. The molecular formula is C17H22F2N2O5S. The van der Waals surface area contributed by atoms with E-state index in [0.717, 1.165) is 16.4 Å². The fraction of sp³-hybridized carbons (Fsp3) is 0.529. The van der Waals surface area contributed by atoms with Crippen molar-refractivity contribution in [1.29, 1.82) is 0 Å². The molecule has 2 rings (SSSR count). The van der Waals surface area contributed by atoms with E-state index in [2.05, 4.69) is 5.32 Å². The smallest absolute Gasteiger partial charge is 0.325 e. The number of amides is 1. The molecule has 1 aromatic rings. The maximum absolute atomic E-state index is 13.8. The van der Waals surface area contributed by atoms with Crippen LogP contribution in [0, 0.1) is 17.6 Å². The first-order valence-electron chi connectivity index (χ1n) is 8.53. The lowest BCUT2D eigenvalue weighted by Crippen LogP contribution is -2.44. The van der Waals surface area contributed by atoms with Crippen LogP contribution in [0.5, 0.6) is 0 Å². The molecule has 0 spiro atoms. The van der Waals surface area contributed by atoms with Gasteiger partial charge in [0.2, 0.25) is 15.9 Å². The second kappa shape index (κ2) is 8.75. The van der Waals surface area contributed by atoms with Crippen LogP contribution in [0.15, 0.2) is 23.1 Å². The molecule has 0 aliphatic carbocycles. The minimum absolute atomic E-state index is 0.00713. The first kappa shape index (κ1) is 21.2. The summed E-state index contributed by atoms with van der Waals surface area (Å²) in [6.07, 6.45) is 0.133. The van der Waals surface area contributed by atoms with Gasteiger partial charge in [0.05, 0.1) is 6.10 Å². The van der Waals surface area contributed by atoms with Gasteiger partial charge < -0.3 is 10.1 Å². The van der Waals surface area contributed by atoms with Gasteiger partial charge in [0.15, 0.2) is 0 Å². The third-order valence-corrected chi connectivity index (χ3v) is 6.02. The lowest BCUT2D eigenvalue weighted by Gasteiger charge is -2.30. The van der Waals surface area contributed by atoms with Gasteiger partial charge >= 0.3 is 5.97 Å². The van der Waals surface area contributed by atoms with Crippen molar-refractivity contribution in [2.45, 2.75) is 37.7 Å². The van der Waals surface area contributed by atoms with Gasteiger partial charge in [-0.25, -0.2) is 17.2 Å². The van der Waals surface area contributed by atoms with Crippen LogP contribution in [-0.2, 0) is 24.3 Å². The average Bonchev–Trinajstić information content (AvgIpc) is 2.61. The van der Waals surface area contributed by atoms with Crippen LogP contribution >= 0.6 is 0 Å². The van der Waals surface area contributed by atoms with Crippen molar-refractivity contribution < 1.29 is 31.5 Å². The van der Waals surface area contributed by atoms with Crippen LogP contribution in [0.2, 0.25) is 0 Å². The van der Waals surface area contributed by atoms with Gasteiger partial charge in [-0.2, -0.15) is 4.31 Å². The van der Waals surface area contributed by atoms with E-state index in [4.69, 9.17) is 4.74 Å². The van der Waals surface area contributed by atoms with Gasteiger partial charge in [0, 0.05) is 19.0 Å². The Bertz CT molecular complexity index is 806. The monoisotopic (exact) mass is 404 g/mol. The van der Waals surface area contributed by atoms with E-state index in [1.807, 2.05) is 0 Å². The molecule has 1 aliphatic rings. The van der Waals surface area contributed by atoms with Crippen LogP contribution in [-0.4, -0.2) is 50.3 Å². The molecule has 7 nitrogen and oxygen atoms in total. The van der Waals surface area contributed by atoms with Crippen molar-refractivity contribution in [2.75, 3.05) is 19.6 Å². The van der Waals surface area contributed by atoms with Gasteiger partial charge in [0.1, 0.15) is 23.1 Å². The number of sulfonamides is 1. The van der Waals surface area contributed by atoms with Crippen molar-refractivity contribution in [3.05, 3.63) is 29.8 Å². The maximum Gasteiger partial charge on any atom is 0.325 e. The number of carbonyl (C=O) groups excluding carboxylic acids is 2. The Morgan fingerprint density at radius 2 is 1.89 bits per heavy atom. The predicted molar refractivity (Wildman–Crippen MR) is 92.1 cm³/mol. The minimum atomic E-state index is -4.19. The minimum Gasteiger partial charge on any atom is -0.462 e. The molecule has 1 aliphatic heterocycles. The van der Waals surface area contributed by atoms with Gasteiger partial charge in [-0.3, -0.25) is 9.59 Å². The van der Waals surface area contributed by atoms with E-state index in [9.17, 15) is 26.8 Å². The summed E-state index contributed by atoms with van der Waals surface area (Å²) in [6, 6.07) is 2.25. The predicted octanol–water partition coefficient (Wildman–Crippen LogP) is 1.43. The Labute approximate surface area is 156 Å². The number of rotatable bonds is 6. The standard InChI is InChI=1S/C17H22F2N2O5S/c1-11(2)26-16(22)10-20-17(23)12-5-7-21(8-6-12)27(24,25)15-9-13(18)3-4-14(15)19/h3-4,9,11-12H,5-8,10H2,1-2H3,(H,20,23). The van der Waals surface area contributed by atoms with Crippen molar-refractivity contribution >= 4 is 21.9 Å². The highest BCUT2D eigenvalue weighted by Gasteiger charge is 2.33. The molecule has 1 amide bonds. The molecule has 10 heteroatoms. The number of nitrogens with one attached hydrogen (secondary N) is 1. The fourth-order valence-corrected chi connectivity index (χ4v) is 4.33. The van der Waals surface area contributed by atoms with Crippen LogP contribution < -0.4 is 5.32 Å². The summed E-state index contributed by atoms with van der Waals surface area (Å²) < 4.78 is 58.1. The number of piperidine rings is 1. The van der Waals surface area contributed by atoms with E-state index in [1.54, 1.807) is 13.8 Å².